The summed E-state index contributed by atoms with van der Waals surface area (Å²) in [5.41, 5.74) is 0. The molecule has 0 aromatic heterocycles. The van der Waals surface area contributed by atoms with Crippen molar-refractivity contribution in [3.63, 3.8) is 0 Å². The maximum atomic E-state index is 11.8. The van der Waals surface area contributed by atoms with Gasteiger partial charge in [0, 0.05) is 5.92 Å². The molecule has 0 amide bonds. The minimum Gasteiger partial charge on any atom is -0.466 e. The van der Waals surface area contributed by atoms with Crippen molar-refractivity contribution in [2.24, 2.45) is 11.8 Å². The summed E-state index contributed by atoms with van der Waals surface area (Å²) in [6.45, 7) is 4.45. The maximum absolute atomic E-state index is 11.8. The number of hydrogen-bond donors (Lipinski definition) is 0. The molecule has 0 radical (unpaired) electrons. The summed E-state index contributed by atoms with van der Waals surface area (Å²) in [6.07, 6.45) is 4.84. The maximum Gasteiger partial charge on any atom is 0.309 e. The zero-order valence-electron chi connectivity index (χ0n) is 9.57. The zero-order valence-corrected chi connectivity index (χ0v) is 9.57. The van der Waals surface area contributed by atoms with E-state index >= 15 is 0 Å². The molecule has 2 fully saturated rings. The summed E-state index contributed by atoms with van der Waals surface area (Å²) in [7, 11) is 0. The molecule has 0 N–H and O–H groups in total. The molecule has 15 heavy (non-hydrogen) atoms. The van der Waals surface area contributed by atoms with Gasteiger partial charge in [0.15, 0.2) is 0 Å². The lowest BCUT2D eigenvalue weighted by molar-refractivity contribution is -0.152. The van der Waals surface area contributed by atoms with Crippen molar-refractivity contribution in [1.82, 2.24) is 0 Å². The van der Waals surface area contributed by atoms with Crippen molar-refractivity contribution in [3.8, 4) is 0 Å². The van der Waals surface area contributed by atoms with Gasteiger partial charge < -0.3 is 9.47 Å². The molecule has 4 atom stereocenters. The molecule has 3 heteroatoms. The number of fused-ring (bicyclic) bond motifs is 1. The molecule has 1 saturated carbocycles. The molecule has 1 heterocycles. The van der Waals surface area contributed by atoms with Gasteiger partial charge in [-0.3, -0.25) is 4.79 Å². The third-order valence-electron chi connectivity index (χ3n) is 3.60. The average Bonchev–Trinajstić information content (AvgIpc) is 2.57. The summed E-state index contributed by atoms with van der Waals surface area (Å²) < 4.78 is 10.9. The minimum absolute atomic E-state index is 0.00935. The topological polar surface area (TPSA) is 35.5 Å². The third kappa shape index (κ3) is 2.17. The first-order valence-corrected chi connectivity index (χ1v) is 6.04. The largest absolute Gasteiger partial charge is 0.466 e. The van der Waals surface area contributed by atoms with Crippen LogP contribution in [0, 0.1) is 11.8 Å². The molecule has 3 nitrogen and oxygen atoms in total. The fraction of sp³-hybridized carbons (Fsp3) is 0.917. The second kappa shape index (κ2) is 4.52. The van der Waals surface area contributed by atoms with Gasteiger partial charge in [-0.15, -0.1) is 0 Å². The first-order chi connectivity index (χ1) is 7.22. The first-order valence-electron chi connectivity index (χ1n) is 6.04. The Morgan fingerprint density at radius 3 is 3.00 bits per heavy atom. The first kappa shape index (κ1) is 10.9. The molecular weight excluding hydrogens is 192 g/mol. The minimum atomic E-state index is -0.00935. The van der Waals surface area contributed by atoms with E-state index in [1.54, 1.807) is 0 Å². The fourth-order valence-corrected chi connectivity index (χ4v) is 2.99. The van der Waals surface area contributed by atoms with Crippen LogP contribution in [0.4, 0.5) is 0 Å². The van der Waals surface area contributed by atoms with Crippen LogP contribution in [0.1, 0.15) is 39.5 Å². The van der Waals surface area contributed by atoms with Crippen LogP contribution in [0.5, 0.6) is 0 Å². The number of carbonyl (C=O) groups excluding carboxylic acids is 1. The Labute approximate surface area is 91.1 Å². The standard InChI is InChI=1S/C12H20O3/c1-3-14-12(13)9-5-4-6-11-10(9)7-8(2)15-11/h8-11H,3-7H2,1-2H3/t8-,9-,10+,11-/m0/s1. The molecule has 1 aliphatic heterocycles. The number of esters is 1. The number of ether oxygens (including phenoxy) is 2. The summed E-state index contributed by atoms with van der Waals surface area (Å²) in [4.78, 5) is 11.8. The summed E-state index contributed by atoms with van der Waals surface area (Å²) in [6, 6.07) is 0. The molecule has 0 aromatic rings. The van der Waals surface area contributed by atoms with Gasteiger partial charge >= 0.3 is 5.97 Å². The highest BCUT2D eigenvalue weighted by molar-refractivity contribution is 5.73. The highest BCUT2D eigenvalue weighted by Gasteiger charge is 2.44. The van der Waals surface area contributed by atoms with Crippen molar-refractivity contribution >= 4 is 5.97 Å². The van der Waals surface area contributed by atoms with Crippen LogP contribution in [0.2, 0.25) is 0 Å². The van der Waals surface area contributed by atoms with E-state index < -0.39 is 0 Å². The Morgan fingerprint density at radius 2 is 2.27 bits per heavy atom. The lowest BCUT2D eigenvalue weighted by Crippen LogP contribution is -2.35. The number of rotatable bonds is 2. The second-order valence-corrected chi connectivity index (χ2v) is 4.67. The van der Waals surface area contributed by atoms with E-state index in [4.69, 9.17) is 9.47 Å². The summed E-state index contributed by atoms with van der Waals surface area (Å²) >= 11 is 0. The quantitative estimate of drug-likeness (QED) is 0.658. The van der Waals surface area contributed by atoms with Crippen LogP contribution >= 0.6 is 0 Å². The Balaban J connectivity index is 2.02. The Bertz CT molecular complexity index is 239. The monoisotopic (exact) mass is 212 g/mol. The van der Waals surface area contributed by atoms with Crippen LogP contribution in [0.3, 0.4) is 0 Å². The van der Waals surface area contributed by atoms with E-state index in [9.17, 15) is 4.79 Å². The van der Waals surface area contributed by atoms with Gasteiger partial charge in [0.05, 0.1) is 24.7 Å². The van der Waals surface area contributed by atoms with E-state index in [1.807, 2.05) is 6.92 Å². The van der Waals surface area contributed by atoms with Crippen LogP contribution in [-0.2, 0) is 14.3 Å². The van der Waals surface area contributed by atoms with E-state index in [0.29, 0.717) is 24.7 Å². The lowest BCUT2D eigenvalue weighted by atomic mass is 9.76. The molecule has 0 spiro atoms. The predicted octanol–water partition coefficient (Wildman–Crippen LogP) is 2.14. The normalized spacial score (nSPS) is 39.9. The van der Waals surface area contributed by atoms with E-state index in [2.05, 4.69) is 6.92 Å². The van der Waals surface area contributed by atoms with Gasteiger partial charge in [0.1, 0.15) is 0 Å². The molecule has 0 unspecified atom stereocenters. The third-order valence-corrected chi connectivity index (χ3v) is 3.60. The van der Waals surface area contributed by atoms with Crippen LogP contribution in [0.25, 0.3) is 0 Å². The summed E-state index contributed by atoms with van der Waals surface area (Å²) in [5, 5.41) is 0. The van der Waals surface area contributed by atoms with Gasteiger partial charge in [-0.25, -0.2) is 0 Å². The molecule has 2 aliphatic rings. The van der Waals surface area contributed by atoms with E-state index in [1.165, 1.54) is 0 Å². The highest BCUT2D eigenvalue weighted by atomic mass is 16.5. The molecule has 0 bridgehead atoms. The van der Waals surface area contributed by atoms with Crippen molar-refractivity contribution in [2.45, 2.75) is 51.7 Å². The smallest absolute Gasteiger partial charge is 0.309 e. The van der Waals surface area contributed by atoms with Crippen LogP contribution < -0.4 is 0 Å². The number of carbonyl (C=O) groups is 1. The fourth-order valence-electron chi connectivity index (χ4n) is 2.99. The zero-order chi connectivity index (χ0) is 10.8. The van der Waals surface area contributed by atoms with Crippen molar-refractivity contribution in [2.75, 3.05) is 6.61 Å². The van der Waals surface area contributed by atoms with Crippen molar-refractivity contribution in [3.05, 3.63) is 0 Å². The van der Waals surface area contributed by atoms with Gasteiger partial charge in [-0.1, -0.05) is 0 Å². The Hall–Kier alpha value is -0.570. The number of hydrogen-bond acceptors (Lipinski definition) is 3. The van der Waals surface area contributed by atoms with Gasteiger partial charge in [0.2, 0.25) is 0 Å². The predicted molar refractivity (Wildman–Crippen MR) is 56.4 cm³/mol. The van der Waals surface area contributed by atoms with Crippen molar-refractivity contribution < 1.29 is 14.3 Å². The molecule has 0 aromatic carbocycles. The molecular formula is C12H20O3. The molecule has 2 rings (SSSR count). The van der Waals surface area contributed by atoms with Crippen LogP contribution in [-0.4, -0.2) is 24.8 Å². The highest BCUT2D eigenvalue weighted by Crippen LogP contribution is 2.41. The van der Waals surface area contributed by atoms with E-state index in [-0.39, 0.29) is 11.9 Å². The summed E-state index contributed by atoms with van der Waals surface area (Å²) in [5.74, 6) is 0.492. The van der Waals surface area contributed by atoms with Gasteiger partial charge in [0.25, 0.3) is 0 Å². The molecule has 86 valence electrons. The van der Waals surface area contributed by atoms with Crippen molar-refractivity contribution in [1.29, 1.82) is 0 Å². The van der Waals surface area contributed by atoms with Gasteiger partial charge in [-0.2, -0.15) is 0 Å². The SMILES string of the molecule is CCOC(=O)[C@H]1CCC[C@@H]2O[C@@H](C)C[C@@H]21. The molecule has 1 aliphatic carbocycles. The Morgan fingerprint density at radius 1 is 1.47 bits per heavy atom. The average molecular weight is 212 g/mol. The van der Waals surface area contributed by atoms with Crippen LogP contribution in [0.15, 0.2) is 0 Å². The Kier molecular flexibility index (Phi) is 3.29. The second-order valence-electron chi connectivity index (χ2n) is 4.67. The molecule has 1 saturated heterocycles. The van der Waals surface area contributed by atoms with Gasteiger partial charge in [-0.05, 0) is 39.5 Å². The lowest BCUT2D eigenvalue weighted by Gasteiger charge is -2.30. The van der Waals surface area contributed by atoms with E-state index in [0.717, 1.165) is 25.7 Å².